The van der Waals surface area contributed by atoms with E-state index in [1.165, 1.54) is 0 Å². The van der Waals surface area contributed by atoms with E-state index in [0.29, 0.717) is 30.4 Å². The van der Waals surface area contributed by atoms with Crippen LogP contribution in [0.1, 0.15) is 16.1 Å². The molecule has 0 saturated heterocycles. The smallest absolute Gasteiger partial charge is 0.255 e. The van der Waals surface area contributed by atoms with E-state index in [4.69, 9.17) is 4.74 Å². The Morgan fingerprint density at radius 1 is 1.21 bits per heavy atom. The van der Waals surface area contributed by atoms with Crippen molar-refractivity contribution < 1.29 is 9.53 Å². The lowest BCUT2D eigenvalue weighted by Gasteiger charge is -2.14. The molecule has 0 atom stereocenters. The normalized spacial score (nSPS) is 10.2. The van der Waals surface area contributed by atoms with Crippen molar-refractivity contribution in [1.82, 2.24) is 15.3 Å². The average molecular weight is 329 g/mol. The van der Waals surface area contributed by atoms with Gasteiger partial charge < -0.3 is 20.3 Å². The minimum atomic E-state index is -0.173. The highest BCUT2D eigenvalue weighted by Gasteiger charge is 2.10. The van der Waals surface area contributed by atoms with Crippen molar-refractivity contribution in [3.8, 4) is 5.75 Å². The molecular formula is C17H23N5O2. The number of ether oxygens (including phenoxy) is 1. The molecule has 0 aliphatic carbocycles. The van der Waals surface area contributed by atoms with Crippen molar-refractivity contribution in [2.45, 2.75) is 6.92 Å². The second-order valence-corrected chi connectivity index (χ2v) is 5.47. The van der Waals surface area contributed by atoms with E-state index in [1.807, 2.05) is 38.1 Å². The van der Waals surface area contributed by atoms with Crippen LogP contribution in [0.5, 0.6) is 5.75 Å². The summed E-state index contributed by atoms with van der Waals surface area (Å²) in [7, 11) is 5.41. The number of nitrogens with zero attached hydrogens (tertiary/aromatic N) is 3. The molecular weight excluding hydrogens is 306 g/mol. The van der Waals surface area contributed by atoms with Gasteiger partial charge in [0.15, 0.2) is 0 Å². The van der Waals surface area contributed by atoms with Crippen LogP contribution in [0, 0.1) is 6.92 Å². The maximum Gasteiger partial charge on any atom is 0.255 e. The van der Waals surface area contributed by atoms with Crippen LogP contribution in [0.15, 0.2) is 30.3 Å². The number of hydrogen-bond donors (Lipinski definition) is 2. The first-order chi connectivity index (χ1) is 11.5. The number of aryl methyl sites for hydroxylation is 1. The zero-order valence-electron chi connectivity index (χ0n) is 14.5. The van der Waals surface area contributed by atoms with Crippen LogP contribution in [0.2, 0.25) is 0 Å². The number of aromatic nitrogens is 2. The Morgan fingerprint density at radius 2 is 1.96 bits per heavy atom. The first kappa shape index (κ1) is 17.5. The molecule has 0 spiro atoms. The molecule has 1 aromatic heterocycles. The zero-order chi connectivity index (χ0) is 17.5. The van der Waals surface area contributed by atoms with Crippen LogP contribution < -0.4 is 20.3 Å². The first-order valence-electron chi connectivity index (χ1n) is 7.69. The van der Waals surface area contributed by atoms with E-state index in [-0.39, 0.29) is 5.91 Å². The van der Waals surface area contributed by atoms with Crippen molar-refractivity contribution in [1.29, 1.82) is 0 Å². The fourth-order valence-electron chi connectivity index (χ4n) is 2.14. The van der Waals surface area contributed by atoms with Gasteiger partial charge in [0.25, 0.3) is 5.91 Å². The van der Waals surface area contributed by atoms with E-state index in [0.717, 1.165) is 11.5 Å². The lowest BCUT2D eigenvalue weighted by Crippen LogP contribution is -2.29. The molecule has 1 amide bonds. The van der Waals surface area contributed by atoms with Gasteiger partial charge in [-0.05, 0) is 19.1 Å². The highest BCUT2D eigenvalue weighted by atomic mass is 16.5. The van der Waals surface area contributed by atoms with Crippen molar-refractivity contribution >= 4 is 17.7 Å². The molecule has 7 nitrogen and oxygen atoms in total. The summed E-state index contributed by atoms with van der Waals surface area (Å²) in [5.41, 5.74) is 1.40. The highest BCUT2D eigenvalue weighted by molar-refractivity contribution is 5.96. The molecule has 2 aromatic rings. The van der Waals surface area contributed by atoms with Gasteiger partial charge in [-0.15, -0.1) is 0 Å². The molecule has 0 fully saturated rings. The lowest BCUT2D eigenvalue weighted by atomic mass is 10.2. The molecule has 1 aromatic carbocycles. The Morgan fingerprint density at radius 3 is 2.67 bits per heavy atom. The zero-order valence-corrected chi connectivity index (χ0v) is 14.5. The van der Waals surface area contributed by atoms with Gasteiger partial charge in [-0.3, -0.25) is 4.79 Å². The Balaban J connectivity index is 1.88. The van der Waals surface area contributed by atoms with E-state index in [9.17, 15) is 4.79 Å². The average Bonchev–Trinajstić information content (AvgIpc) is 2.58. The van der Waals surface area contributed by atoms with Gasteiger partial charge in [0.2, 0.25) is 5.95 Å². The Labute approximate surface area is 142 Å². The Kier molecular flexibility index (Phi) is 5.95. The molecule has 24 heavy (non-hydrogen) atoms. The first-order valence-corrected chi connectivity index (χ1v) is 7.69. The predicted octanol–water partition coefficient (Wildman–Crippen LogP) is 1.70. The molecule has 1 heterocycles. The third-order valence-corrected chi connectivity index (χ3v) is 3.34. The molecule has 0 unspecified atom stereocenters. The van der Waals surface area contributed by atoms with Crippen molar-refractivity contribution in [2.24, 2.45) is 0 Å². The van der Waals surface area contributed by atoms with E-state index >= 15 is 0 Å². The number of methoxy groups -OCH3 is 1. The van der Waals surface area contributed by atoms with Gasteiger partial charge in [-0.1, -0.05) is 12.1 Å². The third-order valence-electron chi connectivity index (χ3n) is 3.34. The maximum absolute atomic E-state index is 12.2. The van der Waals surface area contributed by atoms with Crippen molar-refractivity contribution in [2.75, 3.05) is 44.5 Å². The van der Waals surface area contributed by atoms with Gasteiger partial charge in [0.1, 0.15) is 11.6 Å². The second kappa shape index (κ2) is 8.14. The van der Waals surface area contributed by atoms with E-state index < -0.39 is 0 Å². The van der Waals surface area contributed by atoms with Crippen LogP contribution >= 0.6 is 0 Å². The summed E-state index contributed by atoms with van der Waals surface area (Å²) in [6, 6.07) is 9.04. The fourth-order valence-corrected chi connectivity index (χ4v) is 2.14. The largest absolute Gasteiger partial charge is 0.496 e. The molecule has 2 rings (SSSR count). The van der Waals surface area contributed by atoms with Crippen LogP contribution in [0.25, 0.3) is 0 Å². The monoisotopic (exact) mass is 329 g/mol. The summed E-state index contributed by atoms with van der Waals surface area (Å²) in [4.78, 5) is 22.8. The van der Waals surface area contributed by atoms with Crippen LogP contribution in [-0.4, -0.2) is 50.2 Å². The number of hydrogen-bond acceptors (Lipinski definition) is 6. The topological polar surface area (TPSA) is 79.4 Å². The minimum absolute atomic E-state index is 0.173. The highest BCUT2D eigenvalue weighted by Crippen LogP contribution is 2.16. The van der Waals surface area contributed by atoms with Crippen LogP contribution in [0.4, 0.5) is 11.8 Å². The van der Waals surface area contributed by atoms with Gasteiger partial charge in [-0.2, -0.15) is 4.98 Å². The number of nitrogens with one attached hydrogen (secondary N) is 2. The summed E-state index contributed by atoms with van der Waals surface area (Å²) in [5, 5.41) is 5.97. The third kappa shape index (κ3) is 4.58. The molecule has 0 aliphatic heterocycles. The van der Waals surface area contributed by atoms with Gasteiger partial charge in [0, 0.05) is 38.9 Å². The second-order valence-electron chi connectivity index (χ2n) is 5.47. The predicted molar refractivity (Wildman–Crippen MR) is 94.9 cm³/mol. The number of benzene rings is 1. The minimum Gasteiger partial charge on any atom is -0.496 e. The van der Waals surface area contributed by atoms with E-state index in [1.54, 1.807) is 25.3 Å². The molecule has 0 aliphatic rings. The lowest BCUT2D eigenvalue weighted by molar-refractivity contribution is 0.0952. The number of carbonyl (C=O) groups excluding carboxylic acids is 1. The standard InChI is InChI=1S/C17H23N5O2/c1-12-11-15(22(2)3)21-17(20-12)19-10-9-18-16(23)13-7-5-6-8-14(13)24-4/h5-8,11H,9-10H2,1-4H3,(H,18,23)(H,19,20,21). The number of amides is 1. The molecule has 0 bridgehead atoms. The number of anilines is 2. The van der Waals surface area contributed by atoms with Crippen LogP contribution in [0.3, 0.4) is 0 Å². The summed E-state index contributed by atoms with van der Waals surface area (Å²) in [6.07, 6.45) is 0. The Hall–Kier alpha value is -2.83. The van der Waals surface area contributed by atoms with Gasteiger partial charge in [0.05, 0.1) is 12.7 Å². The quantitative estimate of drug-likeness (QED) is 0.753. The van der Waals surface area contributed by atoms with Crippen molar-refractivity contribution in [3.63, 3.8) is 0 Å². The summed E-state index contributed by atoms with van der Waals surface area (Å²) >= 11 is 0. The molecule has 2 N–H and O–H groups in total. The fraction of sp³-hybridized carbons (Fsp3) is 0.353. The van der Waals surface area contributed by atoms with E-state index in [2.05, 4.69) is 20.6 Å². The summed E-state index contributed by atoms with van der Waals surface area (Å²) < 4.78 is 5.19. The SMILES string of the molecule is COc1ccccc1C(=O)NCCNc1nc(C)cc(N(C)C)n1. The number of carbonyl (C=O) groups is 1. The van der Waals surface area contributed by atoms with Crippen LogP contribution in [-0.2, 0) is 0 Å². The van der Waals surface area contributed by atoms with Crippen molar-refractivity contribution in [3.05, 3.63) is 41.6 Å². The number of para-hydroxylation sites is 1. The molecule has 128 valence electrons. The van der Waals surface area contributed by atoms with Gasteiger partial charge in [-0.25, -0.2) is 4.98 Å². The maximum atomic E-state index is 12.2. The number of rotatable bonds is 7. The molecule has 0 radical (unpaired) electrons. The molecule has 7 heteroatoms. The van der Waals surface area contributed by atoms with Gasteiger partial charge >= 0.3 is 0 Å². The molecule has 0 saturated carbocycles. The summed E-state index contributed by atoms with van der Waals surface area (Å²) in [6.45, 7) is 2.89. The summed E-state index contributed by atoms with van der Waals surface area (Å²) in [5.74, 6) is 1.77. The Bertz CT molecular complexity index is 703.